The lowest BCUT2D eigenvalue weighted by Crippen LogP contribution is -2.36. The van der Waals surface area contributed by atoms with Crippen LogP contribution in [0.4, 0.5) is 8.78 Å². The average molecular weight is 438 g/mol. The smallest absolute Gasteiger partial charge is 0.222 e. The van der Waals surface area contributed by atoms with Crippen LogP contribution >= 0.6 is 0 Å². The van der Waals surface area contributed by atoms with E-state index in [1.807, 2.05) is 4.90 Å². The molecular formula is C26H29F2N3O. The van der Waals surface area contributed by atoms with Crippen molar-refractivity contribution < 1.29 is 13.6 Å². The Balaban J connectivity index is 1.21. The third-order valence-corrected chi connectivity index (χ3v) is 7.00. The summed E-state index contributed by atoms with van der Waals surface area (Å²) < 4.78 is 29.4. The average Bonchev–Trinajstić information content (AvgIpc) is 3.39. The highest BCUT2D eigenvalue weighted by Crippen LogP contribution is 2.29. The van der Waals surface area contributed by atoms with E-state index in [1.165, 1.54) is 22.5 Å². The SMILES string of the molecule is O=C1CCCN1Cc1ccc2ccn(C3CCN(CCc4ccc(F)cc4F)CC3)c2c1. The summed E-state index contributed by atoms with van der Waals surface area (Å²) >= 11 is 0. The number of nitrogens with zero attached hydrogens (tertiary/aromatic N) is 3. The van der Waals surface area contributed by atoms with Gasteiger partial charge in [-0.25, -0.2) is 8.78 Å². The van der Waals surface area contributed by atoms with E-state index in [9.17, 15) is 13.6 Å². The number of hydrogen-bond donors (Lipinski definition) is 0. The normalized spacial score (nSPS) is 18.2. The van der Waals surface area contributed by atoms with Crippen LogP contribution in [0.3, 0.4) is 0 Å². The van der Waals surface area contributed by atoms with E-state index in [1.54, 1.807) is 6.07 Å². The Labute approximate surface area is 187 Å². The van der Waals surface area contributed by atoms with Crippen LogP contribution in [0.2, 0.25) is 0 Å². The first kappa shape index (κ1) is 21.1. The first-order chi connectivity index (χ1) is 15.6. The quantitative estimate of drug-likeness (QED) is 0.548. The third kappa shape index (κ3) is 4.42. The number of carbonyl (C=O) groups is 1. The Morgan fingerprint density at radius 1 is 0.969 bits per heavy atom. The lowest BCUT2D eigenvalue weighted by molar-refractivity contribution is -0.128. The Morgan fingerprint density at radius 3 is 2.56 bits per heavy atom. The fraction of sp³-hybridized carbons (Fsp3) is 0.423. The second-order valence-corrected chi connectivity index (χ2v) is 9.09. The van der Waals surface area contributed by atoms with Crippen molar-refractivity contribution in [2.45, 2.75) is 44.7 Å². The zero-order valence-electron chi connectivity index (χ0n) is 18.3. The Morgan fingerprint density at radius 2 is 1.81 bits per heavy atom. The summed E-state index contributed by atoms with van der Waals surface area (Å²) in [6.07, 6.45) is 6.51. The van der Waals surface area contributed by atoms with E-state index in [0.717, 1.165) is 51.5 Å². The van der Waals surface area contributed by atoms with Gasteiger partial charge in [0.1, 0.15) is 11.6 Å². The molecule has 0 unspecified atom stereocenters. The molecule has 1 amide bonds. The lowest BCUT2D eigenvalue weighted by atomic mass is 10.0. The molecule has 0 saturated carbocycles. The van der Waals surface area contributed by atoms with Crippen LogP contribution in [0.25, 0.3) is 10.9 Å². The van der Waals surface area contributed by atoms with Gasteiger partial charge in [-0.05, 0) is 60.4 Å². The van der Waals surface area contributed by atoms with Crippen LogP contribution in [0.1, 0.15) is 42.9 Å². The molecule has 3 heterocycles. The fourth-order valence-corrected chi connectivity index (χ4v) is 5.13. The van der Waals surface area contributed by atoms with Crippen LogP contribution in [-0.4, -0.2) is 46.5 Å². The minimum absolute atomic E-state index is 0.258. The Bertz CT molecular complexity index is 1120. The van der Waals surface area contributed by atoms with Gasteiger partial charge in [0.25, 0.3) is 0 Å². The summed E-state index contributed by atoms with van der Waals surface area (Å²) in [7, 11) is 0. The standard InChI is InChI=1S/C26H29F2N3O/c27-22-6-5-20(24(28)17-22)7-12-29-13-9-23(10-14-29)31-15-8-21-4-3-19(16-25(21)31)18-30-11-1-2-26(30)32/h3-6,8,15-17,23H,1-2,7,9-14,18H2. The van der Waals surface area contributed by atoms with Gasteiger partial charge in [0.2, 0.25) is 5.91 Å². The summed E-state index contributed by atoms with van der Waals surface area (Å²) in [6, 6.07) is 13.0. The predicted octanol–water partition coefficient (Wildman–Crippen LogP) is 4.92. The van der Waals surface area contributed by atoms with Crippen molar-refractivity contribution in [1.82, 2.24) is 14.4 Å². The van der Waals surface area contributed by atoms with Crippen molar-refractivity contribution in [3.05, 3.63) is 71.4 Å². The van der Waals surface area contributed by atoms with E-state index >= 15 is 0 Å². The number of fused-ring (bicyclic) bond motifs is 1. The number of hydrogen-bond acceptors (Lipinski definition) is 2. The number of halogens is 2. The minimum Gasteiger partial charge on any atom is -0.344 e. The highest BCUT2D eigenvalue weighted by atomic mass is 19.1. The maximum absolute atomic E-state index is 13.9. The first-order valence-electron chi connectivity index (χ1n) is 11.6. The molecule has 168 valence electrons. The summed E-state index contributed by atoms with van der Waals surface area (Å²) in [4.78, 5) is 16.3. The van der Waals surface area contributed by atoms with Crippen LogP contribution in [0.5, 0.6) is 0 Å². The highest BCUT2D eigenvalue weighted by molar-refractivity contribution is 5.81. The molecule has 0 N–H and O–H groups in total. The van der Waals surface area contributed by atoms with Crippen LogP contribution < -0.4 is 0 Å². The zero-order chi connectivity index (χ0) is 22.1. The van der Waals surface area contributed by atoms with Gasteiger partial charge < -0.3 is 14.4 Å². The second kappa shape index (κ2) is 9.02. The van der Waals surface area contributed by atoms with Crippen molar-refractivity contribution in [3.63, 3.8) is 0 Å². The van der Waals surface area contributed by atoms with Crippen LogP contribution in [0, 0.1) is 11.6 Å². The summed E-state index contributed by atoms with van der Waals surface area (Å²) in [5.41, 5.74) is 3.00. The minimum atomic E-state index is -0.527. The molecule has 0 atom stereocenters. The van der Waals surface area contributed by atoms with Crippen molar-refractivity contribution in [1.29, 1.82) is 0 Å². The lowest BCUT2D eigenvalue weighted by Gasteiger charge is -2.33. The molecule has 2 aliphatic heterocycles. The second-order valence-electron chi connectivity index (χ2n) is 9.09. The monoisotopic (exact) mass is 437 g/mol. The van der Waals surface area contributed by atoms with Gasteiger partial charge >= 0.3 is 0 Å². The van der Waals surface area contributed by atoms with Gasteiger partial charge in [-0.15, -0.1) is 0 Å². The molecule has 6 heteroatoms. The van der Waals surface area contributed by atoms with Gasteiger partial charge in [0.05, 0.1) is 0 Å². The molecule has 0 aliphatic carbocycles. The van der Waals surface area contributed by atoms with Crippen molar-refractivity contribution in [2.24, 2.45) is 0 Å². The van der Waals surface area contributed by atoms with Crippen molar-refractivity contribution in [2.75, 3.05) is 26.2 Å². The number of benzene rings is 2. The summed E-state index contributed by atoms with van der Waals surface area (Å²) in [5.74, 6) is -0.722. The largest absolute Gasteiger partial charge is 0.344 e. The molecule has 2 aromatic carbocycles. The van der Waals surface area contributed by atoms with E-state index in [0.29, 0.717) is 31.0 Å². The van der Waals surface area contributed by atoms with Gasteiger partial charge in [-0.2, -0.15) is 0 Å². The number of piperidine rings is 1. The highest BCUT2D eigenvalue weighted by Gasteiger charge is 2.23. The number of amides is 1. The third-order valence-electron chi connectivity index (χ3n) is 7.00. The number of rotatable bonds is 6. The summed E-state index contributed by atoms with van der Waals surface area (Å²) in [6.45, 7) is 4.27. The van der Waals surface area contributed by atoms with Crippen molar-refractivity contribution >= 4 is 16.8 Å². The molecule has 0 bridgehead atoms. The van der Waals surface area contributed by atoms with E-state index in [4.69, 9.17) is 0 Å². The van der Waals surface area contributed by atoms with Gasteiger partial charge in [-0.3, -0.25) is 4.79 Å². The van der Waals surface area contributed by atoms with Gasteiger partial charge in [0.15, 0.2) is 0 Å². The maximum atomic E-state index is 13.9. The molecule has 1 aromatic heterocycles. The van der Waals surface area contributed by atoms with Gasteiger partial charge in [0, 0.05) is 63.0 Å². The number of aromatic nitrogens is 1. The molecule has 2 saturated heterocycles. The molecular weight excluding hydrogens is 408 g/mol. The number of carbonyl (C=O) groups excluding carboxylic acids is 1. The topological polar surface area (TPSA) is 28.5 Å². The predicted molar refractivity (Wildman–Crippen MR) is 121 cm³/mol. The van der Waals surface area contributed by atoms with Crippen molar-refractivity contribution in [3.8, 4) is 0 Å². The summed E-state index contributed by atoms with van der Waals surface area (Å²) in [5, 5.41) is 1.23. The van der Waals surface area contributed by atoms with Crippen LogP contribution in [0.15, 0.2) is 48.7 Å². The molecule has 5 rings (SSSR count). The maximum Gasteiger partial charge on any atom is 0.222 e. The zero-order valence-corrected chi connectivity index (χ0v) is 18.3. The molecule has 2 aliphatic rings. The Kier molecular flexibility index (Phi) is 5.96. The molecule has 0 radical (unpaired) electrons. The Hall–Kier alpha value is -2.73. The molecule has 0 spiro atoms. The molecule has 2 fully saturated rings. The van der Waals surface area contributed by atoms with E-state index in [-0.39, 0.29) is 5.91 Å². The number of likely N-dealkylation sites (tertiary alicyclic amines) is 2. The van der Waals surface area contributed by atoms with E-state index in [2.05, 4.69) is 39.9 Å². The molecule has 32 heavy (non-hydrogen) atoms. The molecule has 3 aromatic rings. The van der Waals surface area contributed by atoms with E-state index < -0.39 is 11.6 Å². The van der Waals surface area contributed by atoms with Gasteiger partial charge in [-0.1, -0.05) is 18.2 Å². The van der Waals surface area contributed by atoms with Crippen LogP contribution in [-0.2, 0) is 17.8 Å². The molecule has 4 nitrogen and oxygen atoms in total. The first-order valence-corrected chi connectivity index (χ1v) is 11.6. The fourth-order valence-electron chi connectivity index (χ4n) is 5.13.